The summed E-state index contributed by atoms with van der Waals surface area (Å²) in [5.41, 5.74) is 0.660. The summed E-state index contributed by atoms with van der Waals surface area (Å²) in [6.07, 6.45) is 0. The molecule has 176 valence electrons. The number of nitrogens with zero attached hydrogens (tertiary/aromatic N) is 2. The third-order valence-electron chi connectivity index (χ3n) is 5.95. The minimum atomic E-state index is -0.809. The number of rotatable bonds is 9. The number of likely N-dealkylation sites (N-methyl/N-ethyl adjacent to an activating group) is 1. The van der Waals surface area contributed by atoms with E-state index in [9.17, 15) is 19.1 Å². The first-order chi connectivity index (χ1) is 15.9. The van der Waals surface area contributed by atoms with E-state index in [2.05, 4.69) is 4.90 Å². The van der Waals surface area contributed by atoms with Gasteiger partial charge in [0.2, 0.25) is 0 Å². The Hall–Kier alpha value is -3.39. The second-order valence-corrected chi connectivity index (χ2v) is 7.64. The topological polar surface area (TPSA) is 79.3 Å². The second-order valence-electron chi connectivity index (χ2n) is 7.64. The highest BCUT2D eigenvalue weighted by atomic mass is 19.1. The molecular formula is C25H29FN2O5. The van der Waals surface area contributed by atoms with Crippen LogP contribution in [0.2, 0.25) is 0 Å². The van der Waals surface area contributed by atoms with Gasteiger partial charge in [-0.1, -0.05) is 26.0 Å². The van der Waals surface area contributed by atoms with E-state index in [1.807, 2.05) is 13.8 Å². The van der Waals surface area contributed by atoms with E-state index in [0.717, 1.165) is 19.2 Å². The quantitative estimate of drug-likeness (QED) is 0.353. The molecule has 2 aromatic carbocycles. The number of halogens is 1. The average molecular weight is 457 g/mol. The van der Waals surface area contributed by atoms with Crippen LogP contribution < -0.4 is 9.47 Å². The molecule has 0 spiro atoms. The maximum Gasteiger partial charge on any atom is 0.295 e. The molecule has 1 saturated heterocycles. The number of likely N-dealkylation sites (tertiary alicyclic amines) is 1. The van der Waals surface area contributed by atoms with Crippen LogP contribution in [0.3, 0.4) is 0 Å². The van der Waals surface area contributed by atoms with E-state index >= 15 is 0 Å². The molecule has 33 heavy (non-hydrogen) atoms. The SMILES string of the molecule is CCN(CC)CCN1C(=O)C(=O)/C(=C(\O)c2ccc(OC)c(F)c2)C1c1ccc(OC)cc1. The van der Waals surface area contributed by atoms with Crippen molar-refractivity contribution >= 4 is 17.4 Å². The van der Waals surface area contributed by atoms with Gasteiger partial charge >= 0.3 is 0 Å². The van der Waals surface area contributed by atoms with Gasteiger partial charge in [0.25, 0.3) is 11.7 Å². The van der Waals surface area contributed by atoms with E-state index < -0.39 is 29.3 Å². The van der Waals surface area contributed by atoms with Crippen molar-refractivity contribution in [3.8, 4) is 11.5 Å². The Bertz CT molecular complexity index is 1050. The lowest BCUT2D eigenvalue weighted by Gasteiger charge is -2.28. The lowest BCUT2D eigenvalue weighted by atomic mass is 9.95. The van der Waals surface area contributed by atoms with Crippen LogP contribution in [0.5, 0.6) is 11.5 Å². The van der Waals surface area contributed by atoms with Crippen molar-refractivity contribution in [3.63, 3.8) is 0 Å². The Labute approximate surface area is 193 Å². The number of hydrogen-bond donors (Lipinski definition) is 1. The van der Waals surface area contributed by atoms with Crippen LogP contribution >= 0.6 is 0 Å². The number of carbonyl (C=O) groups is 2. The molecule has 1 atom stereocenters. The van der Waals surface area contributed by atoms with Gasteiger partial charge in [-0.25, -0.2) is 4.39 Å². The maximum atomic E-state index is 14.3. The third-order valence-corrected chi connectivity index (χ3v) is 5.95. The van der Waals surface area contributed by atoms with Gasteiger partial charge in [-0.3, -0.25) is 9.59 Å². The third kappa shape index (κ3) is 4.85. The number of ether oxygens (including phenoxy) is 2. The summed E-state index contributed by atoms with van der Waals surface area (Å²) in [7, 11) is 2.88. The standard InChI is InChI=1S/C25H29FN2O5/c1-5-27(6-2)13-14-28-22(16-7-10-18(32-3)11-8-16)21(24(30)25(28)31)23(29)17-9-12-20(33-4)19(26)15-17/h7-12,15,22,29H,5-6,13-14H2,1-4H3/b23-21-. The van der Waals surface area contributed by atoms with Crippen LogP contribution in [-0.2, 0) is 9.59 Å². The summed E-state index contributed by atoms with van der Waals surface area (Å²) in [6.45, 7) is 6.53. The number of amides is 1. The number of benzene rings is 2. The van der Waals surface area contributed by atoms with Gasteiger partial charge in [0.1, 0.15) is 11.5 Å². The van der Waals surface area contributed by atoms with Crippen LogP contribution in [0, 0.1) is 5.82 Å². The summed E-state index contributed by atoms with van der Waals surface area (Å²) in [6, 6.07) is 10.1. The summed E-state index contributed by atoms with van der Waals surface area (Å²) >= 11 is 0. The lowest BCUT2D eigenvalue weighted by Crippen LogP contribution is -2.38. The highest BCUT2D eigenvalue weighted by Crippen LogP contribution is 2.40. The highest BCUT2D eigenvalue weighted by Gasteiger charge is 2.46. The number of carbonyl (C=O) groups excluding carboxylic acids is 2. The first-order valence-corrected chi connectivity index (χ1v) is 10.8. The van der Waals surface area contributed by atoms with Gasteiger partial charge in [0.05, 0.1) is 25.8 Å². The summed E-state index contributed by atoms with van der Waals surface area (Å²) in [5.74, 6) is -1.98. The monoisotopic (exact) mass is 456 g/mol. The Balaban J connectivity index is 2.10. The van der Waals surface area contributed by atoms with E-state index in [1.165, 1.54) is 24.1 Å². The minimum Gasteiger partial charge on any atom is -0.507 e. The Morgan fingerprint density at radius 2 is 1.73 bits per heavy atom. The lowest BCUT2D eigenvalue weighted by molar-refractivity contribution is -0.140. The van der Waals surface area contributed by atoms with Gasteiger partial charge in [0.15, 0.2) is 11.6 Å². The van der Waals surface area contributed by atoms with Gasteiger partial charge < -0.3 is 24.4 Å². The molecule has 3 rings (SSSR count). The molecule has 0 radical (unpaired) electrons. The zero-order chi connectivity index (χ0) is 24.1. The molecule has 1 N–H and O–H groups in total. The van der Waals surface area contributed by atoms with Crippen LogP contribution in [-0.4, -0.2) is 67.0 Å². The molecule has 7 nitrogen and oxygen atoms in total. The smallest absolute Gasteiger partial charge is 0.295 e. The zero-order valence-electron chi connectivity index (χ0n) is 19.3. The van der Waals surface area contributed by atoms with Crippen LogP contribution in [0.25, 0.3) is 5.76 Å². The van der Waals surface area contributed by atoms with E-state index in [0.29, 0.717) is 24.4 Å². The molecule has 0 aromatic heterocycles. The number of ketones is 1. The largest absolute Gasteiger partial charge is 0.507 e. The average Bonchev–Trinajstić information content (AvgIpc) is 3.09. The van der Waals surface area contributed by atoms with Crippen molar-refractivity contribution in [2.24, 2.45) is 0 Å². The Kier molecular flexibility index (Phi) is 7.71. The zero-order valence-corrected chi connectivity index (χ0v) is 19.3. The minimum absolute atomic E-state index is 0.0120. The first kappa shape index (κ1) is 24.3. The molecule has 1 aliphatic heterocycles. The fraction of sp³-hybridized carbons (Fsp3) is 0.360. The predicted molar refractivity (Wildman–Crippen MR) is 123 cm³/mol. The van der Waals surface area contributed by atoms with Crippen molar-refractivity contribution in [1.82, 2.24) is 9.80 Å². The molecular weight excluding hydrogens is 427 g/mol. The molecule has 1 fully saturated rings. The predicted octanol–water partition coefficient (Wildman–Crippen LogP) is 3.61. The molecule has 0 bridgehead atoms. The van der Waals surface area contributed by atoms with Gasteiger partial charge in [-0.15, -0.1) is 0 Å². The molecule has 1 amide bonds. The number of Topliss-reactive ketones (excluding diaryl/α,β-unsaturated/α-hetero) is 1. The highest BCUT2D eigenvalue weighted by molar-refractivity contribution is 6.46. The molecule has 1 heterocycles. The fourth-order valence-electron chi connectivity index (χ4n) is 4.00. The van der Waals surface area contributed by atoms with Gasteiger partial charge in [-0.2, -0.15) is 0 Å². The van der Waals surface area contributed by atoms with Crippen molar-refractivity contribution in [1.29, 1.82) is 0 Å². The normalized spacial score (nSPS) is 17.6. The molecule has 0 saturated carbocycles. The molecule has 1 aliphatic rings. The fourth-order valence-corrected chi connectivity index (χ4v) is 4.00. The van der Waals surface area contributed by atoms with E-state index in [4.69, 9.17) is 9.47 Å². The van der Waals surface area contributed by atoms with Crippen LogP contribution in [0.4, 0.5) is 4.39 Å². The molecule has 0 aliphatic carbocycles. The Morgan fingerprint density at radius 1 is 1.06 bits per heavy atom. The van der Waals surface area contributed by atoms with Crippen molar-refractivity contribution in [2.75, 3.05) is 40.4 Å². The van der Waals surface area contributed by atoms with Crippen LogP contribution in [0.1, 0.15) is 31.0 Å². The van der Waals surface area contributed by atoms with Crippen molar-refractivity contribution < 1.29 is 28.6 Å². The number of aliphatic hydroxyl groups is 1. The molecule has 1 unspecified atom stereocenters. The second kappa shape index (κ2) is 10.5. The number of methoxy groups -OCH3 is 2. The van der Waals surface area contributed by atoms with Crippen molar-refractivity contribution in [2.45, 2.75) is 19.9 Å². The van der Waals surface area contributed by atoms with Crippen molar-refractivity contribution in [3.05, 3.63) is 65.0 Å². The number of aliphatic hydroxyl groups excluding tert-OH is 1. The molecule has 8 heteroatoms. The first-order valence-electron chi connectivity index (χ1n) is 10.8. The Morgan fingerprint density at radius 3 is 2.27 bits per heavy atom. The molecule has 2 aromatic rings. The van der Waals surface area contributed by atoms with E-state index in [1.54, 1.807) is 31.4 Å². The van der Waals surface area contributed by atoms with Crippen LogP contribution in [0.15, 0.2) is 48.0 Å². The maximum absolute atomic E-state index is 14.3. The summed E-state index contributed by atoms with van der Waals surface area (Å²) in [4.78, 5) is 29.7. The summed E-state index contributed by atoms with van der Waals surface area (Å²) in [5, 5.41) is 11.1. The van der Waals surface area contributed by atoms with Gasteiger partial charge in [-0.05, 0) is 49.0 Å². The van der Waals surface area contributed by atoms with Gasteiger partial charge in [0, 0.05) is 18.7 Å². The number of hydrogen-bond acceptors (Lipinski definition) is 6. The summed E-state index contributed by atoms with van der Waals surface area (Å²) < 4.78 is 24.4. The van der Waals surface area contributed by atoms with E-state index in [-0.39, 0.29) is 16.9 Å².